The van der Waals surface area contributed by atoms with Crippen LogP contribution in [0, 0.1) is 0 Å². The lowest BCUT2D eigenvalue weighted by atomic mass is 10.1. The predicted octanol–water partition coefficient (Wildman–Crippen LogP) is 1.50. The zero-order valence-electron chi connectivity index (χ0n) is 12.6. The fourth-order valence-electron chi connectivity index (χ4n) is 1.92. The molecule has 0 radical (unpaired) electrons. The van der Waals surface area contributed by atoms with Crippen molar-refractivity contribution in [2.75, 3.05) is 5.32 Å². The molecule has 0 aliphatic heterocycles. The number of carbonyl (C=O) groups excluding carboxylic acids is 2. The number of aromatic nitrogens is 3. The molecule has 1 aromatic heterocycles. The zero-order valence-corrected chi connectivity index (χ0v) is 12.6. The van der Waals surface area contributed by atoms with Gasteiger partial charge in [-0.3, -0.25) is 9.59 Å². The molecule has 2 N–H and O–H groups in total. The molecule has 2 aromatic rings. The van der Waals surface area contributed by atoms with Crippen LogP contribution < -0.4 is 10.6 Å². The lowest BCUT2D eigenvalue weighted by Gasteiger charge is -2.13. The summed E-state index contributed by atoms with van der Waals surface area (Å²) in [6.45, 7) is 3.71. The monoisotopic (exact) mass is 301 g/mol. The molecule has 22 heavy (non-hydrogen) atoms. The van der Waals surface area contributed by atoms with Gasteiger partial charge >= 0.3 is 0 Å². The van der Waals surface area contributed by atoms with Gasteiger partial charge in [0.25, 0.3) is 0 Å². The smallest absolute Gasteiger partial charge is 0.242 e. The highest BCUT2D eigenvalue weighted by molar-refractivity contribution is 5.89. The summed E-state index contributed by atoms with van der Waals surface area (Å²) in [5.41, 5.74) is 1.03. The highest BCUT2D eigenvalue weighted by Gasteiger charge is 2.11. The number of carbonyl (C=O) groups is 2. The standard InChI is InChI=1S/C15H19N5O2/c1-3-14(21)17-13-9-20(19-18-13)10-15(22)16-11(2)12-7-5-4-6-8-12/h4-9,11H,3,10H2,1-2H3,(H,16,22)(H,17,21). The molecule has 0 bridgehead atoms. The average Bonchev–Trinajstić information content (AvgIpc) is 2.94. The Bertz CT molecular complexity index is 638. The van der Waals surface area contributed by atoms with Crippen LogP contribution in [-0.2, 0) is 16.1 Å². The quantitative estimate of drug-likeness (QED) is 0.846. The Kier molecular flexibility index (Phi) is 5.24. The van der Waals surface area contributed by atoms with E-state index >= 15 is 0 Å². The van der Waals surface area contributed by atoms with Gasteiger partial charge in [-0.05, 0) is 12.5 Å². The zero-order chi connectivity index (χ0) is 15.9. The first-order valence-electron chi connectivity index (χ1n) is 7.12. The van der Waals surface area contributed by atoms with Gasteiger partial charge < -0.3 is 10.6 Å². The summed E-state index contributed by atoms with van der Waals surface area (Å²) in [5.74, 6) is 0.0274. The minimum Gasteiger partial charge on any atom is -0.348 e. The Hall–Kier alpha value is -2.70. The molecule has 1 heterocycles. The van der Waals surface area contributed by atoms with Crippen LogP contribution in [-0.4, -0.2) is 26.8 Å². The van der Waals surface area contributed by atoms with Gasteiger partial charge in [0.2, 0.25) is 11.8 Å². The molecule has 0 saturated carbocycles. The fraction of sp³-hybridized carbons (Fsp3) is 0.333. The van der Waals surface area contributed by atoms with Crippen molar-refractivity contribution in [2.45, 2.75) is 32.9 Å². The van der Waals surface area contributed by atoms with Crippen molar-refractivity contribution in [3.8, 4) is 0 Å². The van der Waals surface area contributed by atoms with E-state index in [1.807, 2.05) is 37.3 Å². The first-order chi connectivity index (χ1) is 10.6. The van der Waals surface area contributed by atoms with Crippen molar-refractivity contribution in [2.24, 2.45) is 0 Å². The lowest BCUT2D eigenvalue weighted by molar-refractivity contribution is -0.122. The third-order valence-corrected chi connectivity index (χ3v) is 3.11. The molecule has 0 aliphatic carbocycles. The Morgan fingerprint density at radius 1 is 1.23 bits per heavy atom. The molecule has 7 nitrogen and oxygen atoms in total. The highest BCUT2D eigenvalue weighted by Crippen LogP contribution is 2.11. The molecule has 0 aliphatic rings. The van der Waals surface area contributed by atoms with Crippen molar-refractivity contribution in [1.29, 1.82) is 0 Å². The third-order valence-electron chi connectivity index (χ3n) is 3.11. The number of anilines is 1. The maximum absolute atomic E-state index is 12.0. The maximum atomic E-state index is 12.0. The van der Waals surface area contributed by atoms with E-state index in [2.05, 4.69) is 20.9 Å². The highest BCUT2D eigenvalue weighted by atomic mass is 16.2. The molecule has 0 saturated heterocycles. The minimum absolute atomic E-state index is 0.0478. The number of benzene rings is 1. The second-order valence-electron chi connectivity index (χ2n) is 4.90. The first kappa shape index (κ1) is 15.7. The number of nitrogens with one attached hydrogen (secondary N) is 2. The van der Waals surface area contributed by atoms with Crippen LogP contribution in [0.25, 0.3) is 0 Å². The number of nitrogens with zero attached hydrogens (tertiary/aromatic N) is 3. The lowest BCUT2D eigenvalue weighted by Crippen LogP contribution is -2.30. The molecule has 0 fully saturated rings. The third kappa shape index (κ3) is 4.41. The van der Waals surface area contributed by atoms with Crippen LogP contribution in [0.3, 0.4) is 0 Å². The van der Waals surface area contributed by atoms with Gasteiger partial charge in [0.1, 0.15) is 6.54 Å². The normalized spacial score (nSPS) is 11.7. The second kappa shape index (κ2) is 7.35. The van der Waals surface area contributed by atoms with Crippen LogP contribution in [0.5, 0.6) is 0 Å². The molecule has 2 rings (SSSR count). The van der Waals surface area contributed by atoms with Gasteiger partial charge in [0.05, 0.1) is 12.2 Å². The predicted molar refractivity (Wildman–Crippen MR) is 81.9 cm³/mol. The fourth-order valence-corrected chi connectivity index (χ4v) is 1.92. The minimum atomic E-state index is -0.172. The summed E-state index contributed by atoms with van der Waals surface area (Å²) in [6, 6.07) is 9.62. The van der Waals surface area contributed by atoms with Gasteiger partial charge in [-0.15, -0.1) is 5.10 Å². The van der Waals surface area contributed by atoms with E-state index in [4.69, 9.17) is 0 Å². The Morgan fingerprint density at radius 3 is 2.64 bits per heavy atom. The van der Waals surface area contributed by atoms with E-state index in [1.54, 1.807) is 6.92 Å². The summed E-state index contributed by atoms with van der Waals surface area (Å²) >= 11 is 0. The molecule has 2 amide bonds. The van der Waals surface area contributed by atoms with Gasteiger partial charge in [-0.25, -0.2) is 4.68 Å². The van der Waals surface area contributed by atoms with E-state index < -0.39 is 0 Å². The summed E-state index contributed by atoms with van der Waals surface area (Å²) in [5, 5.41) is 13.1. The number of hydrogen-bond donors (Lipinski definition) is 2. The molecule has 1 unspecified atom stereocenters. The summed E-state index contributed by atoms with van der Waals surface area (Å²) < 4.78 is 1.39. The van der Waals surface area contributed by atoms with Gasteiger partial charge in [-0.2, -0.15) is 0 Å². The molecule has 1 aromatic carbocycles. The van der Waals surface area contributed by atoms with Crippen LogP contribution in [0.2, 0.25) is 0 Å². The number of hydrogen-bond acceptors (Lipinski definition) is 4. The molecule has 0 spiro atoms. The number of amides is 2. The Morgan fingerprint density at radius 2 is 1.95 bits per heavy atom. The topological polar surface area (TPSA) is 88.9 Å². The molecule has 1 atom stereocenters. The van der Waals surface area contributed by atoms with Crippen molar-refractivity contribution in [3.05, 3.63) is 42.1 Å². The first-order valence-corrected chi connectivity index (χ1v) is 7.12. The van der Waals surface area contributed by atoms with Gasteiger partial charge in [-0.1, -0.05) is 42.5 Å². The molecular weight excluding hydrogens is 282 g/mol. The molecular formula is C15H19N5O2. The summed E-state index contributed by atoms with van der Waals surface area (Å²) in [4.78, 5) is 23.2. The van der Waals surface area contributed by atoms with Crippen molar-refractivity contribution in [1.82, 2.24) is 20.3 Å². The van der Waals surface area contributed by atoms with Crippen LogP contribution in [0.1, 0.15) is 31.9 Å². The second-order valence-corrected chi connectivity index (χ2v) is 4.90. The van der Waals surface area contributed by atoms with E-state index in [1.165, 1.54) is 10.9 Å². The summed E-state index contributed by atoms with van der Waals surface area (Å²) in [6.07, 6.45) is 1.89. The average molecular weight is 301 g/mol. The molecule has 7 heteroatoms. The van der Waals surface area contributed by atoms with Gasteiger partial charge in [0, 0.05) is 6.42 Å². The number of rotatable bonds is 6. The van der Waals surface area contributed by atoms with Crippen LogP contribution in [0.4, 0.5) is 5.82 Å². The van der Waals surface area contributed by atoms with E-state index in [-0.39, 0.29) is 24.4 Å². The Balaban J connectivity index is 1.88. The van der Waals surface area contributed by atoms with Crippen LogP contribution in [0.15, 0.2) is 36.5 Å². The van der Waals surface area contributed by atoms with E-state index in [0.717, 1.165) is 5.56 Å². The maximum Gasteiger partial charge on any atom is 0.242 e. The van der Waals surface area contributed by atoms with Gasteiger partial charge in [0.15, 0.2) is 5.82 Å². The largest absolute Gasteiger partial charge is 0.348 e. The van der Waals surface area contributed by atoms with E-state index in [9.17, 15) is 9.59 Å². The SMILES string of the molecule is CCC(=O)Nc1cn(CC(=O)NC(C)c2ccccc2)nn1. The van der Waals surface area contributed by atoms with Crippen LogP contribution >= 0.6 is 0 Å². The Labute approximate surface area is 128 Å². The van der Waals surface area contributed by atoms with Crippen molar-refractivity contribution < 1.29 is 9.59 Å². The van der Waals surface area contributed by atoms with Crippen molar-refractivity contribution >= 4 is 17.6 Å². The molecule has 116 valence electrons. The summed E-state index contributed by atoms with van der Waals surface area (Å²) in [7, 11) is 0. The van der Waals surface area contributed by atoms with Crippen molar-refractivity contribution in [3.63, 3.8) is 0 Å². The van der Waals surface area contributed by atoms with E-state index in [0.29, 0.717) is 12.2 Å².